The van der Waals surface area contributed by atoms with Crippen molar-refractivity contribution in [1.29, 1.82) is 0 Å². The normalized spacial score (nSPS) is 13.6. The number of ether oxygens (including phenoxy) is 1. The quantitative estimate of drug-likeness (QED) is 0.832. The molecule has 0 saturated heterocycles. The van der Waals surface area contributed by atoms with Gasteiger partial charge in [-0.1, -0.05) is 48.5 Å². The molecule has 2 aromatic carbocycles. The average molecular weight is 355 g/mol. The Morgan fingerprint density at radius 2 is 1.62 bits per heavy atom. The third-order valence-electron chi connectivity index (χ3n) is 4.40. The third kappa shape index (κ3) is 3.70. The van der Waals surface area contributed by atoms with Gasteiger partial charge in [0.25, 0.3) is 0 Å². The fourth-order valence-electron chi connectivity index (χ4n) is 3.37. The van der Waals surface area contributed by atoms with Gasteiger partial charge in [0.05, 0.1) is 12.6 Å². The van der Waals surface area contributed by atoms with Gasteiger partial charge in [0.15, 0.2) is 0 Å². The van der Waals surface area contributed by atoms with Crippen molar-refractivity contribution in [2.24, 2.45) is 0 Å². The van der Waals surface area contributed by atoms with Crippen LogP contribution in [0.15, 0.2) is 48.5 Å². The molecule has 1 aliphatic carbocycles. The maximum Gasteiger partial charge on any atom is 0.410 e. The van der Waals surface area contributed by atoms with Crippen LogP contribution in [-0.4, -0.2) is 53.0 Å². The molecule has 136 valence electrons. The van der Waals surface area contributed by atoms with Gasteiger partial charge in [0.1, 0.15) is 13.2 Å². The van der Waals surface area contributed by atoms with E-state index in [1.54, 1.807) is 0 Å². The summed E-state index contributed by atoms with van der Waals surface area (Å²) in [7, 11) is 0. The lowest BCUT2D eigenvalue weighted by Gasteiger charge is -2.23. The SMILES string of the molecule is CC(O)CN(CC(=O)O)C(=O)OCC1c2ccccc2-c2ccccc21. The second-order valence-corrected chi connectivity index (χ2v) is 6.43. The zero-order chi connectivity index (χ0) is 18.7. The van der Waals surface area contributed by atoms with Crippen LogP contribution in [0.2, 0.25) is 0 Å². The highest BCUT2D eigenvalue weighted by molar-refractivity contribution is 5.79. The van der Waals surface area contributed by atoms with Gasteiger partial charge < -0.3 is 14.9 Å². The number of carboxylic acid groups (broad SMARTS) is 1. The van der Waals surface area contributed by atoms with E-state index in [4.69, 9.17) is 9.84 Å². The highest BCUT2D eigenvalue weighted by Crippen LogP contribution is 2.44. The molecule has 6 heteroatoms. The molecule has 0 saturated carbocycles. The molecule has 2 N–H and O–H groups in total. The predicted octanol–water partition coefficient (Wildman–Crippen LogP) is 2.70. The first kappa shape index (κ1) is 17.9. The molecular weight excluding hydrogens is 334 g/mol. The molecule has 3 rings (SSSR count). The minimum absolute atomic E-state index is 0.0930. The number of carboxylic acids is 1. The minimum Gasteiger partial charge on any atom is -0.480 e. The van der Waals surface area contributed by atoms with Crippen LogP contribution in [-0.2, 0) is 9.53 Å². The summed E-state index contributed by atoms with van der Waals surface area (Å²) in [4.78, 5) is 24.3. The minimum atomic E-state index is -1.15. The number of hydrogen-bond donors (Lipinski definition) is 2. The van der Waals surface area contributed by atoms with Crippen LogP contribution in [0.25, 0.3) is 11.1 Å². The van der Waals surface area contributed by atoms with Crippen LogP contribution in [0.4, 0.5) is 4.79 Å². The van der Waals surface area contributed by atoms with E-state index < -0.39 is 24.7 Å². The van der Waals surface area contributed by atoms with Gasteiger partial charge in [-0.15, -0.1) is 0 Å². The molecule has 1 atom stereocenters. The Kier molecular flexibility index (Phi) is 5.23. The number of rotatable bonds is 6. The topological polar surface area (TPSA) is 87.1 Å². The molecule has 0 aliphatic heterocycles. The van der Waals surface area contributed by atoms with Gasteiger partial charge in [0, 0.05) is 5.92 Å². The number of amides is 1. The molecule has 26 heavy (non-hydrogen) atoms. The Balaban J connectivity index is 1.76. The van der Waals surface area contributed by atoms with Gasteiger partial charge in [-0.05, 0) is 29.2 Å². The van der Waals surface area contributed by atoms with E-state index >= 15 is 0 Å². The van der Waals surface area contributed by atoms with Crippen molar-refractivity contribution in [3.05, 3.63) is 59.7 Å². The Morgan fingerprint density at radius 3 is 2.12 bits per heavy atom. The van der Waals surface area contributed by atoms with Crippen LogP contribution in [0.5, 0.6) is 0 Å². The zero-order valence-corrected chi connectivity index (χ0v) is 14.5. The van der Waals surface area contributed by atoms with E-state index in [0.29, 0.717) is 0 Å². The first-order chi connectivity index (χ1) is 12.5. The Bertz CT molecular complexity index is 772. The van der Waals surface area contributed by atoms with Crippen molar-refractivity contribution in [3.8, 4) is 11.1 Å². The first-order valence-electron chi connectivity index (χ1n) is 8.47. The number of carbonyl (C=O) groups excluding carboxylic acids is 1. The number of carbonyl (C=O) groups is 2. The number of aliphatic hydroxyl groups is 1. The molecular formula is C20H21NO5. The van der Waals surface area contributed by atoms with Crippen LogP contribution in [0.1, 0.15) is 24.0 Å². The van der Waals surface area contributed by atoms with E-state index in [1.807, 2.05) is 48.5 Å². The van der Waals surface area contributed by atoms with E-state index in [1.165, 1.54) is 6.92 Å². The largest absolute Gasteiger partial charge is 0.480 e. The third-order valence-corrected chi connectivity index (χ3v) is 4.40. The number of aliphatic carboxylic acids is 1. The summed E-state index contributed by atoms with van der Waals surface area (Å²) >= 11 is 0. The van der Waals surface area contributed by atoms with E-state index in [2.05, 4.69) is 0 Å². The van der Waals surface area contributed by atoms with Gasteiger partial charge in [-0.3, -0.25) is 9.69 Å². The van der Waals surface area contributed by atoms with E-state index in [-0.39, 0.29) is 19.1 Å². The predicted molar refractivity (Wildman–Crippen MR) is 96.0 cm³/mol. The van der Waals surface area contributed by atoms with Gasteiger partial charge >= 0.3 is 12.1 Å². The molecule has 0 radical (unpaired) electrons. The van der Waals surface area contributed by atoms with E-state index in [0.717, 1.165) is 27.2 Å². The van der Waals surface area contributed by atoms with Crippen LogP contribution < -0.4 is 0 Å². The molecule has 0 bridgehead atoms. The summed E-state index contributed by atoms with van der Waals surface area (Å²) in [5.74, 6) is -1.25. The van der Waals surface area contributed by atoms with Crippen molar-refractivity contribution in [3.63, 3.8) is 0 Å². The molecule has 1 amide bonds. The summed E-state index contributed by atoms with van der Waals surface area (Å²) in [5, 5.41) is 18.4. The Hall–Kier alpha value is -2.86. The maximum atomic E-state index is 12.3. The zero-order valence-electron chi connectivity index (χ0n) is 14.5. The molecule has 6 nitrogen and oxygen atoms in total. The maximum absolute atomic E-state index is 12.3. The summed E-state index contributed by atoms with van der Waals surface area (Å²) in [6.07, 6.45) is -1.58. The Labute approximate surface area is 151 Å². The average Bonchev–Trinajstić information content (AvgIpc) is 2.92. The molecule has 1 unspecified atom stereocenters. The summed E-state index contributed by atoms with van der Waals surface area (Å²) in [6.45, 7) is 0.999. The number of benzene rings is 2. The summed E-state index contributed by atoms with van der Waals surface area (Å²) in [5.41, 5.74) is 4.41. The number of nitrogens with zero attached hydrogens (tertiary/aromatic N) is 1. The highest BCUT2D eigenvalue weighted by atomic mass is 16.6. The molecule has 2 aromatic rings. The lowest BCUT2D eigenvalue weighted by Crippen LogP contribution is -2.40. The Morgan fingerprint density at radius 1 is 1.08 bits per heavy atom. The second-order valence-electron chi connectivity index (χ2n) is 6.43. The first-order valence-corrected chi connectivity index (χ1v) is 8.47. The summed E-state index contributed by atoms with van der Waals surface area (Å²) in [6, 6.07) is 16.0. The van der Waals surface area contributed by atoms with Crippen molar-refractivity contribution < 1.29 is 24.5 Å². The van der Waals surface area contributed by atoms with Crippen molar-refractivity contribution in [1.82, 2.24) is 4.90 Å². The van der Waals surface area contributed by atoms with Crippen molar-refractivity contribution in [2.45, 2.75) is 18.9 Å². The molecule has 0 fully saturated rings. The molecule has 0 aromatic heterocycles. The number of aliphatic hydroxyl groups excluding tert-OH is 1. The smallest absolute Gasteiger partial charge is 0.410 e. The lowest BCUT2D eigenvalue weighted by molar-refractivity contribution is -0.138. The fourth-order valence-corrected chi connectivity index (χ4v) is 3.37. The number of hydrogen-bond acceptors (Lipinski definition) is 4. The fraction of sp³-hybridized carbons (Fsp3) is 0.300. The number of fused-ring (bicyclic) bond motifs is 3. The van der Waals surface area contributed by atoms with Crippen molar-refractivity contribution in [2.75, 3.05) is 19.7 Å². The van der Waals surface area contributed by atoms with Gasteiger partial charge in [-0.2, -0.15) is 0 Å². The van der Waals surface area contributed by atoms with Gasteiger partial charge in [-0.25, -0.2) is 4.79 Å². The van der Waals surface area contributed by atoms with Crippen LogP contribution in [0.3, 0.4) is 0 Å². The van der Waals surface area contributed by atoms with Crippen LogP contribution >= 0.6 is 0 Å². The standard InChI is InChI=1S/C20H21NO5/c1-13(22)10-21(11-19(23)24)20(25)26-12-18-16-8-4-2-6-14(16)15-7-3-5-9-17(15)18/h2-9,13,18,22H,10-12H2,1H3,(H,23,24). The van der Waals surface area contributed by atoms with Crippen LogP contribution in [0, 0.1) is 0 Å². The van der Waals surface area contributed by atoms with E-state index in [9.17, 15) is 14.7 Å². The lowest BCUT2D eigenvalue weighted by atomic mass is 9.98. The molecule has 1 aliphatic rings. The summed E-state index contributed by atoms with van der Waals surface area (Å²) < 4.78 is 5.42. The monoisotopic (exact) mass is 355 g/mol. The highest BCUT2D eigenvalue weighted by Gasteiger charge is 2.30. The van der Waals surface area contributed by atoms with Gasteiger partial charge in [0.2, 0.25) is 0 Å². The second kappa shape index (κ2) is 7.58. The molecule has 0 spiro atoms. The van der Waals surface area contributed by atoms with Crippen molar-refractivity contribution >= 4 is 12.1 Å². The molecule has 0 heterocycles.